The summed E-state index contributed by atoms with van der Waals surface area (Å²) in [5.74, 6) is 0.337. The van der Waals surface area contributed by atoms with Crippen LogP contribution < -0.4 is 10.6 Å². The molecule has 0 saturated heterocycles. The molecule has 0 radical (unpaired) electrons. The molecule has 0 aliphatic rings. The zero-order chi connectivity index (χ0) is 15.6. The van der Waals surface area contributed by atoms with E-state index in [9.17, 15) is 4.79 Å². The normalized spacial score (nSPS) is 10.0. The number of nitrogens with zero attached hydrogens (tertiary/aromatic N) is 2. The van der Waals surface area contributed by atoms with E-state index in [1.165, 1.54) is 18.0 Å². The van der Waals surface area contributed by atoms with Crippen molar-refractivity contribution in [2.45, 2.75) is 12.8 Å². The predicted octanol–water partition coefficient (Wildman–Crippen LogP) is 2.44. The molecule has 0 atom stereocenters. The van der Waals surface area contributed by atoms with Gasteiger partial charge in [-0.05, 0) is 18.4 Å². The van der Waals surface area contributed by atoms with E-state index >= 15 is 0 Å². The number of aryl methyl sites for hydroxylation is 1. The molecule has 22 heavy (non-hydrogen) atoms. The lowest BCUT2D eigenvalue weighted by Crippen LogP contribution is -2.23. The number of carbonyl (C=O) groups is 1. The molecule has 0 fully saturated rings. The van der Waals surface area contributed by atoms with Crippen LogP contribution in [0.2, 0.25) is 0 Å². The van der Waals surface area contributed by atoms with Crippen LogP contribution in [0.3, 0.4) is 0 Å². The topological polar surface area (TPSA) is 66.9 Å². The van der Waals surface area contributed by atoms with Crippen LogP contribution in [0.4, 0.5) is 5.95 Å². The van der Waals surface area contributed by atoms with E-state index in [1.54, 1.807) is 6.08 Å². The van der Waals surface area contributed by atoms with Gasteiger partial charge in [-0.25, -0.2) is 9.97 Å². The first-order valence-corrected chi connectivity index (χ1v) is 7.28. The summed E-state index contributed by atoms with van der Waals surface area (Å²) >= 11 is 0. The van der Waals surface area contributed by atoms with Crippen molar-refractivity contribution in [2.75, 3.05) is 18.4 Å². The molecule has 0 bridgehead atoms. The summed E-state index contributed by atoms with van der Waals surface area (Å²) in [4.78, 5) is 20.0. The van der Waals surface area contributed by atoms with Gasteiger partial charge in [0.25, 0.3) is 5.91 Å². The van der Waals surface area contributed by atoms with Crippen LogP contribution in [0.25, 0.3) is 0 Å². The average molecular weight is 296 g/mol. The van der Waals surface area contributed by atoms with Gasteiger partial charge in [-0.1, -0.05) is 36.4 Å². The highest BCUT2D eigenvalue weighted by molar-refractivity contribution is 5.93. The van der Waals surface area contributed by atoms with Crippen molar-refractivity contribution in [2.24, 2.45) is 0 Å². The lowest BCUT2D eigenvalue weighted by Gasteiger charge is -2.06. The van der Waals surface area contributed by atoms with Gasteiger partial charge in [-0.3, -0.25) is 4.79 Å². The minimum Gasteiger partial charge on any atom is -0.354 e. The first-order chi connectivity index (χ1) is 10.8. The summed E-state index contributed by atoms with van der Waals surface area (Å²) in [5.41, 5.74) is 1.76. The Bertz CT molecular complexity index is 596. The molecule has 2 N–H and O–H groups in total. The summed E-state index contributed by atoms with van der Waals surface area (Å²) in [6.07, 6.45) is 6.67. The van der Waals surface area contributed by atoms with Gasteiger partial charge in [0.2, 0.25) is 5.95 Å². The summed E-state index contributed by atoms with van der Waals surface area (Å²) in [6.45, 7) is 4.77. The molecule has 0 spiro atoms. The Kier molecular flexibility index (Phi) is 6.11. The average Bonchev–Trinajstić information content (AvgIpc) is 2.58. The van der Waals surface area contributed by atoms with E-state index in [0.717, 1.165) is 19.4 Å². The Morgan fingerprint density at radius 3 is 2.59 bits per heavy atom. The molecule has 0 unspecified atom stereocenters. The van der Waals surface area contributed by atoms with Gasteiger partial charge in [0, 0.05) is 25.5 Å². The summed E-state index contributed by atoms with van der Waals surface area (Å²) in [5, 5.41) is 5.84. The predicted molar refractivity (Wildman–Crippen MR) is 87.8 cm³/mol. The zero-order valence-electron chi connectivity index (χ0n) is 12.5. The highest BCUT2D eigenvalue weighted by atomic mass is 16.1. The number of anilines is 1. The second-order valence-corrected chi connectivity index (χ2v) is 4.81. The van der Waals surface area contributed by atoms with Crippen LogP contribution in [0.5, 0.6) is 0 Å². The van der Waals surface area contributed by atoms with Gasteiger partial charge in [-0.15, -0.1) is 6.58 Å². The molecule has 0 aliphatic carbocycles. The summed E-state index contributed by atoms with van der Waals surface area (Å²) in [6, 6.07) is 10.3. The Labute approximate surface area is 130 Å². The number of rotatable bonds is 8. The van der Waals surface area contributed by atoms with Gasteiger partial charge in [0.05, 0.1) is 5.56 Å². The van der Waals surface area contributed by atoms with Crippen LogP contribution in [0, 0.1) is 0 Å². The molecule has 0 aliphatic heterocycles. The standard InChI is InChI=1S/C17H20N4O/c1-2-10-18-16(22)15-12-20-17(21-13-15)19-11-6-9-14-7-4-3-5-8-14/h2-5,7-8,12-13H,1,6,9-11H2,(H,18,22)(H,19,20,21). The van der Waals surface area contributed by atoms with E-state index in [0.29, 0.717) is 18.1 Å². The number of hydrogen-bond donors (Lipinski definition) is 2. The first-order valence-electron chi connectivity index (χ1n) is 7.28. The van der Waals surface area contributed by atoms with E-state index in [1.807, 2.05) is 18.2 Å². The maximum absolute atomic E-state index is 11.7. The van der Waals surface area contributed by atoms with Gasteiger partial charge >= 0.3 is 0 Å². The first kappa shape index (κ1) is 15.7. The molecule has 1 aromatic heterocycles. The molecular weight excluding hydrogens is 276 g/mol. The van der Waals surface area contributed by atoms with Gasteiger partial charge < -0.3 is 10.6 Å². The van der Waals surface area contributed by atoms with Crippen LogP contribution in [-0.4, -0.2) is 29.0 Å². The summed E-state index contributed by atoms with van der Waals surface area (Å²) in [7, 11) is 0. The molecule has 0 saturated carbocycles. The van der Waals surface area contributed by atoms with Crippen LogP contribution in [0.15, 0.2) is 55.4 Å². The zero-order valence-corrected chi connectivity index (χ0v) is 12.5. The van der Waals surface area contributed by atoms with Crippen LogP contribution >= 0.6 is 0 Å². The third kappa shape index (κ3) is 5.01. The van der Waals surface area contributed by atoms with E-state index in [4.69, 9.17) is 0 Å². The second kappa shape index (κ2) is 8.56. The Morgan fingerprint density at radius 1 is 1.18 bits per heavy atom. The number of carbonyl (C=O) groups excluding carboxylic acids is 1. The molecule has 114 valence electrons. The minimum atomic E-state index is -0.199. The molecule has 2 aromatic rings. The van der Waals surface area contributed by atoms with Gasteiger partial charge in [0.15, 0.2) is 0 Å². The van der Waals surface area contributed by atoms with Crippen molar-refractivity contribution in [3.63, 3.8) is 0 Å². The van der Waals surface area contributed by atoms with E-state index in [-0.39, 0.29) is 5.91 Å². The van der Waals surface area contributed by atoms with Crippen molar-refractivity contribution in [3.05, 3.63) is 66.5 Å². The molecule has 5 nitrogen and oxygen atoms in total. The largest absolute Gasteiger partial charge is 0.354 e. The Morgan fingerprint density at radius 2 is 1.91 bits per heavy atom. The fourth-order valence-electron chi connectivity index (χ4n) is 1.94. The maximum atomic E-state index is 11.7. The lowest BCUT2D eigenvalue weighted by molar-refractivity contribution is 0.0957. The van der Waals surface area contributed by atoms with Crippen LogP contribution in [0.1, 0.15) is 22.3 Å². The number of aromatic nitrogens is 2. The van der Waals surface area contributed by atoms with Gasteiger partial charge in [0.1, 0.15) is 0 Å². The molecule has 1 aromatic carbocycles. The molecule has 1 amide bonds. The van der Waals surface area contributed by atoms with Crippen molar-refractivity contribution >= 4 is 11.9 Å². The third-order valence-electron chi connectivity index (χ3n) is 3.09. The fourth-order valence-corrected chi connectivity index (χ4v) is 1.94. The monoisotopic (exact) mass is 296 g/mol. The maximum Gasteiger partial charge on any atom is 0.254 e. The van der Waals surface area contributed by atoms with Crippen molar-refractivity contribution < 1.29 is 4.79 Å². The highest BCUT2D eigenvalue weighted by Crippen LogP contribution is 2.04. The minimum absolute atomic E-state index is 0.199. The van der Waals surface area contributed by atoms with Crippen molar-refractivity contribution in [1.82, 2.24) is 15.3 Å². The molecule has 5 heteroatoms. The van der Waals surface area contributed by atoms with Crippen LogP contribution in [-0.2, 0) is 6.42 Å². The fraction of sp³-hybridized carbons (Fsp3) is 0.235. The number of benzene rings is 1. The number of hydrogen-bond acceptors (Lipinski definition) is 4. The smallest absolute Gasteiger partial charge is 0.254 e. The highest BCUT2D eigenvalue weighted by Gasteiger charge is 2.05. The quantitative estimate of drug-likeness (QED) is 0.580. The van der Waals surface area contributed by atoms with E-state index in [2.05, 4.69) is 39.3 Å². The molecular formula is C17H20N4O. The van der Waals surface area contributed by atoms with E-state index < -0.39 is 0 Å². The number of amides is 1. The van der Waals surface area contributed by atoms with Crippen molar-refractivity contribution in [3.8, 4) is 0 Å². The summed E-state index contributed by atoms with van der Waals surface area (Å²) < 4.78 is 0. The molecule has 2 rings (SSSR count). The lowest BCUT2D eigenvalue weighted by atomic mass is 10.1. The Balaban J connectivity index is 1.74. The van der Waals surface area contributed by atoms with Gasteiger partial charge in [-0.2, -0.15) is 0 Å². The second-order valence-electron chi connectivity index (χ2n) is 4.81. The molecule has 1 heterocycles. The third-order valence-corrected chi connectivity index (χ3v) is 3.09. The SMILES string of the molecule is C=CCNC(=O)c1cnc(NCCCc2ccccc2)nc1. The Hall–Kier alpha value is -2.69. The van der Waals surface area contributed by atoms with Crippen molar-refractivity contribution in [1.29, 1.82) is 0 Å². The number of nitrogens with one attached hydrogen (secondary N) is 2.